The SMILES string of the molecule is C1COC2(CCNCC2)OC1.NC(=O)OCc1ccccc1. The van der Waals surface area contributed by atoms with Crippen LogP contribution in [0.5, 0.6) is 0 Å². The van der Waals surface area contributed by atoms with Crippen molar-refractivity contribution >= 4 is 6.09 Å². The van der Waals surface area contributed by atoms with Crippen molar-refractivity contribution in [2.24, 2.45) is 5.73 Å². The van der Waals surface area contributed by atoms with Gasteiger partial charge in [-0.1, -0.05) is 30.3 Å². The molecule has 1 amide bonds. The average Bonchev–Trinajstić information content (AvgIpc) is 2.56. The maximum atomic E-state index is 10.2. The largest absolute Gasteiger partial charge is 0.445 e. The van der Waals surface area contributed by atoms with E-state index < -0.39 is 6.09 Å². The van der Waals surface area contributed by atoms with Crippen LogP contribution in [-0.2, 0) is 20.8 Å². The molecule has 0 aliphatic carbocycles. The Hall–Kier alpha value is -1.63. The van der Waals surface area contributed by atoms with Crippen molar-refractivity contribution in [2.75, 3.05) is 26.3 Å². The minimum absolute atomic E-state index is 0.205. The standard InChI is InChI=1S/C8H15NO2.C8H9NO2/c1-6-10-8(11-7-1)2-4-9-5-3-8;9-8(10)11-6-7-4-2-1-3-5-7/h9H,1-7H2;1-5H,6H2,(H2,9,10). The molecule has 122 valence electrons. The van der Waals surface area contributed by atoms with E-state index in [0.29, 0.717) is 0 Å². The highest BCUT2D eigenvalue weighted by atomic mass is 16.7. The number of hydrogen-bond donors (Lipinski definition) is 2. The molecule has 2 fully saturated rings. The van der Waals surface area contributed by atoms with E-state index in [1.54, 1.807) is 0 Å². The Morgan fingerprint density at radius 2 is 1.82 bits per heavy atom. The predicted molar refractivity (Wildman–Crippen MR) is 82.2 cm³/mol. The van der Waals surface area contributed by atoms with Crippen LogP contribution < -0.4 is 11.1 Å². The number of rotatable bonds is 2. The van der Waals surface area contributed by atoms with Crippen LogP contribution in [0, 0.1) is 0 Å². The number of ether oxygens (including phenoxy) is 3. The van der Waals surface area contributed by atoms with Crippen LogP contribution in [-0.4, -0.2) is 38.2 Å². The highest BCUT2D eigenvalue weighted by Gasteiger charge is 2.35. The lowest BCUT2D eigenvalue weighted by atomic mass is 10.0. The van der Waals surface area contributed by atoms with Crippen molar-refractivity contribution in [1.82, 2.24) is 5.32 Å². The van der Waals surface area contributed by atoms with Gasteiger partial charge < -0.3 is 25.3 Å². The zero-order valence-corrected chi connectivity index (χ0v) is 12.8. The number of nitrogens with one attached hydrogen (secondary N) is 1. The molecule has 1 aromatic rings. The Labute approximate surface area is 130 Å². The number of amides is 1. The van der Waals surface area contributed by atoms with Gasteiger partial charge in [0.15, 0.2) is 5.79 Å². The van der Waals surface area contributed by atoms with E-state index in [-0.39, 0.29) is 12.4 Å². The average molecular weight is 308 g/mol. The molecule has 1 aromatic carbocycles. The molecule has 22 heavy (non-hydrogen) atoms. The molecule has 0 aromatic heterocycles. The Morgan fingerprint density at radius 3 is 2.41 bits per heavy atom. The van der Waals surface area contributed by atoms with Crippen LogP contribution in [0.3, 0.4) is 0 Å². The molecule has 3 N–H and O–H groups in total. The molecule has 2 aliphatic heterocycles. The van der Waals surface area contributed by atoms with Crippen LogP contribution in [0.1, 0.15) is 24.8 Å². The molecule has 1 spiro atoms. The summed E-state index contributed by atoms with van der Waals surface area (Å²) < 4.78 is 15.9. The molecule has 0 radical (unpaired) electrons. The van der Waals surface area contributed by atoms with Crippen LogP contribution in [0.25, 0.3) is 0 Å². The zero-order valence-electron chi connectivity index (χ0n) is 12.8. The number of piperidine rings is 1. The molecule has 6 nitrogen and oxygen atoms in total. The number of nitrogens with two attached hydrogens (primary N) is 1. The Morgan fingerprint density at radius 1 is 1.18 bits per heavy atom. The third-order valence-electron chi connectivity index (χ3n) is 3.61. The molecule has 0 bridgehead atoms. The van der Waals surface area contributed by atoms with Crippen molar-refractivity contribution in [2.45, 2.75) is 31.7 Å². The lowest BCUT2D eigenvalue weighted by Gasteiger charge is -2.40. The van der Waals surface area contributed by atoms with Gasteiger partial charge in [0.25, 0.3) is 0 Å². The Bertz CT molecular complexity index is 421. The Kier molecular flexibility index (Phi) is 6.64. The maximum Gasteiger partial charge on any atom is 0.404 e. The van der Waals surface area contributed by atoms with Gasteiger partial charge in [-0.15, -0.1) is 0 Å². The molecule has 0 atom stereocenters. The summed E-state index contributed by atoms with van der Waals surface area (Å²) in [6.07, 6.45) is 2.32. The van der Waals surface area contributed by atoms with E-state index in [1.165, 1.54) is 0 Å². The summed E-state index contributed by atoms with van der Waals surface area (Å²) >= 11 is 0. The van der Waals surface area contributed by atoms with Gasteiger partial charge in [-0.2, -0.15) is 0 Å². The van der Waals surface area contributed by atoms with Gasteiger partial charge in [0.2, 0.25) is 0 Å². The summed E-state index contributed by atoms with van der Waals surface area (Å²) in [5, 5.41) is 3.30. The van der Waals surface area contributed by atoms with Gasteiger partial charge in [-0.25, -0.2) is 4.79 Å². The smallest absolute Gasteiger partial charge is 0.404 e. The van der Waals surface area contributed by atoms with Gasteiger partial charge in [0, 0.05) is 25.9 Å². The molecular weight excluding hydrogens is 284 g/mol. The second kappa shape index (κ2) is 8.73. The summed E-state index contributed by atoms with van der Waals surface area (Å²) in [6.45, 7) is 4.05. The number of benzene rings is 1. The zero-order chi connectivity index (χ0) is 15.7. The minimum atomic E-state index is -0.742. The van der Waals surface area contributed by atoms with Crippen LogP contribution >= 0.6 is 0 Å². The van der Waals surface area contributed by atoms with Crippen molar-refractivity contribution in [1.29, 1.82) is 0 Å². The lowest BCUT2D eigenvalue weighted by molar-refractivity contribution is -0.276. The fourth-order valence-corrected chi connectivity index (χ4v) is 2.44. The topological polar surface area (TPSA) is 82.8 Å². The second-order valence-electron chi connectivity index (χ2n) is 5.30. The van der Waals surface area contributed by atoms with Crippen LogP contribution in [0.2, 0.25) is 0 Å². The van der Waals surface area contributed by atoms with E-state index in [2.05, 4.69) is 10.1 Å². The summed E-state index contributed by atoms with van der Waals surface area (Å²) in [5.41, 5.74) is 5.72. The molecule has 0 unspecified atom stereocenters. The fourth-order valence-electron chi connectivity index (χ4n) is 2.44. The van der Waals surface area contributed by atoms with Crippen LogP contribution in [0.4, 0.5) is 4.79 Å². The molecule has 2 saturated heterocycles. The first-order chi connectivity index (χ1) is 10.7. The summed E-state index contributed by atoms with van der Waals surface area (Å²) in [4.78, 5) is 10.2. The van der Waals surface area contributed by atoms with Gasteiger partial charge in [0.1, 0.15) is 6.61 Å². The van der Waals surface area contributed by atoms with E-state index in [1.807, 2.05) is 30.3 Å². The number of hydrogen-bond acceptors (Lipinski definition) is 5. The highest BCUT2D eigenvalue weighted by Crippen LogP contribution is 2.27. The molecule has 2 aliphatic rings. The van der Waals surface area contributed by atoms with Crippen molar-refractivity contribution in [3.05, 3.63) is 35.9 Å². The van der Waals surface area contributed by atoms with E-state index in [9.17, 15) is 4.79 Å². The van der Waals surface area contributed by atoms with E-state index in [4.69, 9.17) is 15.2 Å². The first kappa shape index (κ1) is 16.7. The van der Waals surface area contributed by atoms with E-state index >= 15 is 0 Å². The van der Waals surface area contributed by atoms with Crippen LogP contribution in [0.15, 0.2) is 30.3 Å². The monoisotopic (exact) mass is 308 g/mol. The molecule has 6 heteroatoms. The predicted octanol–water partition coefficient (Wildman–Crippen LogP) is 1.78. The maximum absolute atomic E-state index is 10.2. The van der Waals surface area contributed by atoms with E-state index in [0.717, 1.165) is 51.1 Å². The fraction of sp³-hybridized carbons (Fsp3) is 0.562. The molecular formula is C16H24N2O4. The summed E-state index contributed by atoms with van der Waals surface area (Å²) in [6, 6.07) is 9.37. The second-order valence-corrected chi connectivity index (χ2v) is 5.30. The van der Waals surface area contributed by atoms with Gasteiger partial charge in [-0.3, -0.25) is 0 Å². The normalized spacial score (nSPS) is 19.8. The summed E-state index contributed by atoms with van der Waals surface area (Å²) in [5.74, 6) is -0.205. The number of primary amides is 1. The van der Waals surface area contributed by atoms with Crippen molar-refractivity contribution < 1.29 is 19.0 Å². The third-order valence-corrected chi connectivity index (χ3v) is 3.61. The molecule has 2 heterocycles. The molecule has 0 saturated carbocycles. The third kappa shape index (κ3) is 5.63. The first-order valence-corrected chi connectivity index (χ1v) is 7.65. The minimum Gasteiger partial charge on any atom is -0.445 e. The molecule has 3 rings (SSSR count). The quantitative estimate of drug-likeness (QED) is 0.870. The highest BCUT2D eigenvalue weighted by molar-refractivity contribution is 5.64. The Balaban J connectivity index is 0.000000160. The summed E-state index contributed by atoms with van der Waals surface area (Å²) in [7, 11) is 0. The number of carbonyl (C=O) groups excluding carboxylic acids is 1. The van der Waals surface area contributed by atoms with Gasteiger partial charge >= 0.3 is 6.09 Å². The first-order valence-electron chi connectivity index (χ1n) is 7.65. The van der Waals surface area contributed by atoms with Gasteiger partial charge in [-0.05, 0) is 12.0 Å². The lowest BCUT2D eigenvalue weighted by Crippen LogP contribution is -2.48. The number of carbonyl (C=O) groups is 1. The van der Waals surface area contributed by atoms with Gasteiger partial charge in [0.05, 0.1) is 13.2 Å². The van der Waals surface area contributed by atoms with Crippen molar-refractivity contribution in [3.8, 4) is 0 Å². The van der Waals surface area contributed by atoms with Crippen molar-refractivity contribution in [3.63, 3.8) is 0 Å².